The number of hydrogen-bond donors (Lipinski definition) is 1. The highest BCUT2D eigenvalue weighted by Crippen LogP contribution is 2.17. The number of rotatable bonds is 4. The Morgan fingerprint density at radius 1 is 0.963 bits per heavy atom. The number of likely N-dealkylation sites (tertiary alicyclic amines) is 1. The summed E-state index contributed by atoms with van der Waals surface area (Å²) in [6.07, 6.45) is 3.38. The fraction of sp³-hybridized carbons (Fsp3) is 0.550. The molecule has 2 fully saturated rings. The summed E-state index contributed by atoms with van der Waals surface area (Å²) in [5.74, 6) is -0.360. The first-order chi connectivity index (χ1) is 13.0. The maximum Gasteiger partial charge on any atom is 0.253 e. The van der Waals surface area contributed by atoms with Crippen LogP contribution in [-0.2, 0) is 4.79 Å². The maximum atomic E-state index is 12.6. The van der Waals surface area contributed by atoms with Gasteiger partial charge >= 0.3 is 0 Å². The van der Waals surface area contributed by atoms with Crippen LogP contribution in [0.25, 0.3) is 0 Å². The highest BCUT2D eigenvalue weighted by molar-refractivity contribution is 5.97. The third-order valence-electron chi connectivity index (χ3n) is 5.56. The first-order valence-electron chi connectivity index (χ1n) is 9.66. The highest BCUT2D eigenvalue weighted by atomic mass is 16.2. The van der Waals surface area contributed by atoms with E-state index >= 15 is 0 Å². The molecule has 7 nitrogen and oxygen atoms in total. The minimum absolute atomic E-state index is 0.0540. The highest BCUT2D eigenvalue weighted by Gasteiger charge is 2.27. The second-order valence-corrected chi connectivity index (χ2v) is 7.44. The van der Waals surface area contributed by atoms with Gasteiger partial charge in [0.15, 0.2) is 0 Å². The van der Waals surface area contributed by atoms with E-state index in [0.29, 0.717) is 49.9 Å². The summed E-state index contributed by atoms with van der Waals surface area (Å²) in [5, 5.41) is 0. The molecule has 0 bridgehead atoms. The molecule has 3 rings (SSSR count). The Morgan fingerprint density at radius 3 is 2.19 bits per heavy atom. The molecule has 0 saturated carbocycles. The quantitative estimate of drug-likeness (QED) is 0.852. The Labute approximate surface area is 160 Å². The average Bonchev–Trinajstić information content (AvgIpc) is 2.68. The van der Waals surface area contributed by atoms with Gasteiger partial charge < -0.3 is 15.5 Å². The number of benzene rings is 1. The molecule has 2 aliphatic rings. The Morgan fingerprint density at radius 2 is 1.59 bits per heavy atom. The van der Waals surface area contributed by atoms with E-state index in [-0.39, 0.29) is 11.8 Å². The first kappa shape index (κ1) is 19.4. The van der Waals surface area contributed by atoms with Gasteiger partial charge in [-0.15, -0.1) is 0 Å². The monoisotopic (exact) mass is 372 g/mol. The van der Waals surface area contributed by atoms with Crippen molar-refractivity contribution in [3.63, 3.8) is 0 Å². The number of piperazine rings is 1. The second kappa shape index (κ2) is 8.52. The largest absolute Gasteiger partial charge is 0.366 e. The number of amides is 3. The molecule has 2 heterocycles. The van der Waals surface area contributed by atoms with E-state index in [0.717, 1.165) is 19.4 Å². The van der Waals surface area contributed by atoms with Gasteiger partial charge in [-0.2, -0.15) is 0 Å². The molecule has 1 atom stereocenters. The van der Waals surface area contributed by atoms with Gasteiger partial charge in [-0.25, -0.2) is 0 Å². The Kier molecular flexibility index (Phi) is 6.11. The third kappa shape index (κ3) is 4.66. The molecule has 0 aliphatic carbocycles. The number of carbonyl (C=O) groups is 3. The predicted molar refractivity (Wildman–Crippen MR) is 102 cm³/mol. The molecule has 1 aromatic rings. The molecule has 27 heavy (non-hydrogen) atoms. The van der Waals surface area contributed by atoms with E-state index < -0.39 is 5.91 Å². The molecule has 0 spiro atoms. The van der Waals surface area contributed by atoms with Crippen molar-refractivity contribution in [2.45, 2.75) is 32.2 Å². The molecule has 3 amide bonds. The number of nitrogens with two attached hydrogens (primary N) is 1. The minimum Gasteiger partial charge on any atom is -0.366 e. The molecule has 1 unspecified atom stereocenters. The smallest absolute Gasteiger partial charge is 0.253 e. The van der Waals surface area contributed by atoms with E-state index in [1.807, 2.05) is 4.90 Å². The zero-order chi connectivity index (χ0) is 19.4. The van der Waals surface area contributed by atoms with Gasteiger partial charge in [-0.05, 0) is 50.5 Å². The van der Waals surface area contributed by atoms with Crippen molar-refractivity contribution >= 4 is 17.7 Å². The van der Waals surface area contributed by atoms with Crippen molar-refractivity contribution in [3.05, 3.63) is 35.4 Å². The number of carbonyl (C=O) groups excluding carboxylic acids is 3. The molecule has 7 heteroatoms. The maximum absolute atomic E-state index is 12.6. The SMILES string of the molecule is CC1CCCCN1C(=O)CN1CCN(C(=O)c2ccc(C(N)=O)cc2)CC1. The summed E-state index contributed by atoms with van der Waals surface area (Å²) in [4.78, 5) is 42.2. The Hall–Kier alpha value is -2.41. The molecular formula is C20H28N4O3. The van der Waals surface area contributed by atoms with Crippen LogP contribution in [0.5, 0.6) is 0 Å². The number of primary amides is 1. The van der Waals surface area contributed by atoms with Crippen LogP contribution >= 0.6 is 0 Å². The van der Waals surface area contributed by atoms with Gasteiger partial charge in [0.05, 0.1) is 6.54 Å². The number of nitrogens with zero attached hydrogens (tertiary/aromatic N) is 3. The van der Waals surface area contributed by atoms with Gasteiger partial charge in [-0.1, -0.05) is 0 Å². The van der Waals surface area contributed by atoms with Crippen molar-refractivity contribution in [2.75, 3.05) is 39.3 Å². The van der Waals surface area contributed by atoms with Crippen molar-refractivity contribution < 1.29 is 14.4 Å². The number of piperidine rings is 1. The third-order valence-corrected chi connectivity index (χ3v) is 5.56. The lowest BCUT2D eigenvalue weighted by Gasteiger charge is -2.38. The average molecular weight is 372 g/mol. The van der Waals surface area contributed by atoms with Crippen LogP contribution in [0.3, 0.4) is 0 Å². The van der Waals surface area contributed by atoms with Gasteiger partial charge in [0, 0.05) is 49.9 Å². The summed E-state index contributed by atoms with van der Waals surface area (Å²) in [6.45, 7) is 5.99. The standard InChI is InChI=1S/C20H28N4O3/c1-15-4-2-3-9-24(15)18(25)14-22-10-12-23(13-11-22)20(27)17-7-5-16(6-8-17)19(21)26/h5-8,15H,2-4,9-14H2,1H3,(H2,21,26). The fourth-order valence-electron chi connectivity index (χ4n) is 3.82. The lowest BCUT2D eigenvalue weighted by Crippen LogP contribution is -2.53. The Balaban J connectivity index is 1.50. The molecule has 2 N–H and O–H groups in total. The first-order valence-corrected chi connectivity index (χ1v) is 9.66. The summed E-state index contributed by atoms with van der Waals surface area (Å²) >= 11 is 0. The molecule has 0 aromatic heterocycles. The summed E-state index contributed by atoms with van der Waals surface area (Å²) < 4.78 is 0. The molecular weight excluding hydrogens is 344 g/mol. The van der Waals surface area contributed by atoms with Crippen molar-refractivity contribution in [2.24, 2.45) is 5.73 Å². The minimum atomic E-state index is -0.504. The summed E-state index contributed by atoms with van der Waals surface area (Å²) in [6, 6.07) is 6.75. The van der Waals surface area contributed by atoms with Crippen LogP contribution < -0.4 is 5.73 Å². The predicted octanol–water partition coefficient (Wildman–Crippen LogP) is 0.944. The van der Waals surface area contributed by atoms with Crippen LogP contribution in [0.1, 0.15) is 46.9 Å². The van der Waals surface area contributed by atoms with Crippen molar-refractivity contribution in [1.82, 2.24) is 14.7 Å². The van der Waals surface area contributed by atoms with Gasteiger partial charge in [0.2, 0.25) is 11.8 Å². The van der Waals surface area contributed by atoms with Crippen LogP contribution in [0, 0.1) is 0 Å². The lowest BCUT2D eigenvalue weighted by atomic mass is 10.0. The van der Waals surface area contributed by atoms with E-state index in [1.54, 1.807) is 29.2 Å². The summed E-state index contributed by atoms with van der Waals surface area (Å²) in [7, 11) is 0. The molecule has 2 aliphatic heterocycles. The molecule has 0 radical (unpaired) electrons. The molecule has 1 aromatic carbocycles. The topological polar surface area (TPSA) is 87.0 Å². The Bertz CT molecular complexity index is 696. The zero-order valence-corrected chi connectivity index (χ0v) is 15.9. The summed E-state index contributed by atoms with van der Waals surface area (Å²) in [5.41, 5.74) is 6.17. The number of hydrogen-bond acceptors (Lipinski definition) is 4. The second-order valence-electron chi connectivity index (χ2n) is 7.44. The van der Waals surface area contributed by atoms with Crippen LogP contribution in [0.2, 0.25) is 0 Å². The van der Waals surface area contributed by atoms with E-state index in [4.69, 9.17) is 5.73 Å². The van der Waals surface area contributed by atoms with Crippen molar-refractivity contribution in [1.29, 1.82) is 0 Å². The van der Waals surface area contributed by atoms with Gasteiger partial charge in [-0.3, -0.25) is 19.3 Å². The van der Waals surface area contributed by atoms with Crippen LogP contribution in [-0.4, -0.2) is 77.7 Å². The van der Waals surface area contributed by atoms with Gasteiger partial charge in [0.1, 0.15) is 0 Å². The van der Waals surface area contributed by atoms with Crippen LogP contribution in [0.4, 0.5) is 0 Å². The fourth-order valence-corrected chi connectivity index (χ4v) is 3.82. The molecule has 146 valence electrons. The van der Waals surface area contributed by atoms with Gasteiger partial charge in [0.25, 0.3) is 5.91 Å². The normalized spacial score (nSPS) is 21.1. The zero-order valence-electron chi connectivity index (χ0n) is 15.9. The lowest BCUT2D eigenvalue weighted by molar-refractivity contribution is -0.136. The molecule has 2 saturated heterocycles. The van der Waals surface area contributed by atoms with E-state index in [9.17, 15) is 14.4 Å². The van der Waals surface area contributed by atoms with Crippen molar-refractivity contribution in [3.8, 4) is 0 Å². The van der Waals surface area contributed by atoms with Crippen LogP contribution in [0.15, 0.2) is 24.3 Å². The van der Waals surface area contributed by atoms with E-state index in [2.05, 4.69) is 11.8 Å². The van der Waals surface area contributed by atoms with E-state index in [1.165, 1.54) is 6.42 Å².